The molecule has 1 saturated heterocycles. The maximum absolute atomic E-state index is 10.0. The van der Waals surface area contributed by atoms with Crippen molar-refractivity contribution in [2.45, 2.75) is 37.8 Å². The lowest BCUT2D eigenvalue weighted by atomic mass is 9.87. The Labute approximate surface area is 79.0 Å². The van der Waals surface area contributed by atoms with Gasteiger partial charge in [0, 0.05) is 19.1 Å². The van der Waals surface area contributed by atoms with Gasteiger partial charge in [0.25, 0.3) is 0 Å². The number of β-amino-alcohol motifs (C(OH)–C–C–N with tert-alkyl or cyclic N) is 1. The molecule has 2 fully saturated rings. The molecular weight excluding hydrogens is 164 g/mol. The quantitative estimate of drug-likeness (QED) is 0.697. The summed E-state index contributed by atoms with van der Waals surface area (Å²) in [6, 6.07) is 2.47. The highest BCUT2D eigenvalue weighted by molar-refractivity contribution is 5.06. The number of nitriles is 1. The van der Waals surface area contributed by atoms with Crippen LogP contribution in [0.5, 0.6) is 0 Å². The number of hydrogen-bond donors (Lipinski definition) is 1. The molecule has 0 spiro atoms. The van der Waals surface area contributed by atoms with Gasteiger partial charge in [-0.15, -0.1) is 0 Å². The van der Waals surface area contributed by atoms with Crippen molar-refractivity contribution in [1.82, 2.24) is 4.90 Å². The van der Waals surface area contributed by atoms with E-state index in [1.807, 2.05) is 0 Å². The van der Waals surface area contributed by atoms with Gasteiger partial charge in [-0.25, -0.2) is 0 Å². The van der Waals surface area contributed by atoms with E-state index in [1.165, 1.54) is 12.8 Å². The number of likely N-dealkylation sites (tertiary alicyclic amines) is 1. The summed E-state index contributed by atoms with van der Waals surface area (Å²) in [5, 5.41) is 18.5. The maximum atomic E-state index is 10.0. The maximum Gasteiger partial charge on any atom is 0.0928 e. The lowest BCUT2D eigenvalue weighted by Crippen LogP contribution is -2.65. The normalized spacial score (nSPS) is 29.0. The number of rotatable bonds is 3. The molecule has 1 aliphatic heterocycles. The van der Waals surface area contributed by atoms with Crippen LogP contribution < -0.4 is 0 Å². The third kappa shape index (κ3) is 1.56. The van der Waals surface area contributed by atoms with Gasteiger partial charge in [-0.3, -0.25) is 4.90 Å². The van der Waals surface area contributed by atoms with Gasteiger partial charge in [-0.05, 0) is 25.7 Å². The summed E-state index contributed by atoms with van der Waals surface area (Å²) in [5.41, 5.74) is -0.399. The van der Waals surface area contributed by atoms with Crippen LogP contribution in [-0.2, 0) is 0 Å². The molecule has 1 aliphatic carbocycles. The van der Waals surface area contributed by atoms with Crippen molar-refractivity contribution in [1.29, 1.82) is 5.26 Å². The lowest BCUT2D eigenvalue weighted by Gasteiger charge is -2.49. The fourth-order valence-electron chi connectivity index (χ4n) is 2.11. The largest absolute Gasteiger partial charge is 0.387 e. The summed E-state index contributed by atoms with van der Waals surface area (Å²) < 4.78 is 0. The van der Waals surface area contributed by atoms with Crippen LogP contribution in [0.1, 0.15) is 26.2 Å². The minimum absolute atomic E-state index is 0.309. The van der Waals surface area contributed by atoms with Crippen molar-refractivity contribution in [2.24, 2.45) is 5.92 Å². The molecule has 72 valence electrons. The SMILES string of the molecule is CC(CC#N)N1CC(O)(C2CC2)C1. The first-order valence-electron chi connectivity index (χ1n) is 4.99. The number of nitrogens with zero attached hydrogens (tertiary/aromatic N) is 2. The molecule has 1 heterocycles. The van der Waals surface area contributed by atoms with E-state index in [2.05, 4.69) is 17.9 Å². The van der Waals surface area contributed by atoms with Crippen LogP contribution in [-0.4, -0.2) is 34.7 Å². The number of aliphatic hydroxyl groups is 1. The molecule has 1 unspecified atom stereocenters. The van der Waals surface area contributed by atoms with Gasteiger partial charge in [0.15, 0.2) is 0 Å². The smallest absolute Gasteiger partial charge is 0.0928 e. The van der Waals surface area contributed by atoms with E-state index in [-0.39, 0.29) is 0 Å². The zero-order valence-electron chi connectivity index (χ0n) is 8.03. The predicted octanol–water partition coefficient (Wildman–Crippen LogP) is 0.745. The van der Waals surface area contributed by atoms with Gasteiger partial charge in [0.1, 0.15) is 0 Å². The third-order valence-corrected chi connectivity index (χ3v) is 3.30. The van der Waals surface area contributed by atoms with Gasteiger partial charge >= 0.3 is 0 Å². The minimum Gasteiger partial charge on any atom is -0.387 e. The number of hydrogen-bond acceptors (Lipinski definition) is 3. The van der Waals surface area contributed by atoms with E-state index >= 15 is 0 Å². The van der Waals surface area contributed by atoms with E-state index < -0.39 is 5.60 Å². The first kappa shape index (κ1) is 8.98. The summed E-state index contributed by atoms with van der Waals surface area (Å²) in [5.74, 6) is 0.554. The Morgan fingerprint density at radius 3 is 2.69 bits per heavy atom. The van der Waals surface area contributed by atoms with Crippen molar-refractivity contribution < 1.29 is 5.11 Å². The van der Waals surface area contributed by atoms with Crippen LogP contribution in [0, 0.1) is 17.2 Å². The molecule has 0 bridgehead atoms. The fraction of sp³-hybridized carbons (Fsp3) is 0.900. The van der Waals surface area contributed by atoms with Crippen molar-refractivity contribution in [2.75, 3.05) is 13.1 Å². The van der Waals surface area contributed by atoms with Gasteiger partial charge in [-0.2, -0.15) is 5.26 Å². The molecule has 3 nitrogen and oxygen atoms in total. The van der Waals surface area contributed by atoms with Gasteiger partial charge in [0.05, 0.1) is 18.1 Å². The molecule has 0 radical (unpaired) electrons. The summed E-state index contributed by atoms with van der Waals surface area (Å²) in [6.07, 6.45) is 2.95. The Bertz CT molecular complexity index is 236. The van der Waals surface area contributed by atoms with Crippen LogP contribution in [0.15, 0.2) is 0 Å². The highest BCUT2D eigenvalue weighted by atomic mass is 16.3. The monoisotopic (exact) mass is 180 g/mol. The van der Waals surface area contributed by atoms with Crippen LogP contribution in [0.4, 0.5) is 0 Å². The summed E-state index contributed by atoms with van der Waals surface area (Å²) >= 11 is 0. The highest BCUT2D eigenvalue weighted by Gasteiger charge is 2.52. The summed E-state index contributed by atoms with van der Waals surface area (Å²) in [7, 11) is 0. The van der Waals surface area contributed by atoms with E-state index in [0.29, 0.717) is 18.4 Å². The third-order valence-electron chi connectivity index (χ3n) is 3.30. The minimum atomic E-state index is -0.399. The Morgan fingerprint density at radius 1 is 1.62 bits per heavy atom. The van der Waals surface area contributed by atoms with Crippen LogP contribution in [0.3, 0.4) is 0 Å². The Morgan fingerprint density at radius 2 is 2.23 bits per heavy atom. The molecule has 0 aromatic carbocycles. The molecule has 1 saturated carbocycles. The molecule has 13 heavy (non-hydrogen) atoms. The van der Waals surface area contributed by atoms with Crippen LogP contribution in [0.25, 0.3) is 0 Å². The second-order valence-electron chi connectivity index (χ2n) is 4.49. The average Bonchev–Trinajstić information content (AvgIpc) is 2.81. The van der Waals surface area contributed by atoms with E-state index in [9.17, 15) is 5.11 Å². The molecule has 1 atom stereocenters. The zero-order chi connectivity index (χ0) is 9.47. The lowest BCUT2D eigenvalue weighted by molar-refractivity contribution is -0.126. The summed E-state index contributed by atoms with van der Waals surface area (Å²) in [4.78, 5) is 2.20. The van der Waals surface area contributed by atoms with Gasteiger partial charge in [0.2, 0.25) is 0 Å². The molecule has 3 heteroatoms. The van der Waals surface area contributed by atoms with Gasteiger partial charge < -0.3 is 5.11 Å². The van der Waals surface area contributed by atoms with Gasteiger partial charge in [-0.1, -0.05) is 0 Å². The Balaban J connectivity index is 1.80. The molecule has 0 aromatic rings. The molecule has 2 rings (SSSR count). The van der Waals surface area contributed by atoms with Crippen molar-refractivity contribution in [3.8, 4) is 6.07 Å². The van der Waals surface area contributed by atoms with E-state index in [0.717, 1.165) is 13.1 Å². The average molecular weight is 180 g/mol. The van der Waals surface area contributed by atoms with Crippen molar-refractivity contribution in [3.63, 3.8) is 0 Å². The molecule has 1 N–H and O–H groups in total. The first-order valence-corrected chi connectivity index (χ1v) is 4.99. The Kier molecular flexibility index (Phi) is 2.05. The zero-order valence-corrected chi connectivity index (χ0v) is 8.03. The topological polar surface area (TPSA) is 47.3 Å². The van der Waals surface area contributed by atoms with E-state index in [4.69, 9.17) is 5.26 Å². The van der Waals surface area contributed by atoms with Crippen molar-refractivity contribution >= 4 is 0 Å². The molecule has 2 aliphatic rings. The standard InChI is InChI=1S/C10H16N2O/c1-8(4-5-11)12-6-10(13,7-12)9-2-3-9/h8-9,13H,2-4,6-7H2,1H3. The van der Waals surface area contributed by atoms with Crippen molar-refractivity contribution in [3.05, 3.63) is 0 Å². The fourth-order valence-corrected chi connectivity index (χ4v) is 2.11. The first-order chi connectivity index (χ1) is 6.15. The predicted molar refractivity (Wildman–Crippen MR) is 48.9 cm³/mol. The van der Waals surface area contributed by atoms with E-state index in [1.54, 1.807) is 0 Å². The molecule has 0 amide bonds. The second kappa shape index (κ2) is 2.97. The summed E-state index contributed by atoms with van der Waals surface area (Å²) in [6.45, 7) is 3.61. The molecule has 0 aromatic heterocycles. The van der Waals surface area contributed by atoms with Crippen LogP contribution >= 0.6 is 0 Å². The highest BCUT2D eigenvalue weighted by Crippen LogP contribution is 2.45. The molecular formula is C10H16N2O. The Hall–Kier alpha value is -0.590. The second-order valence-corrected chi connectivity index (χ2v) is 4.49. The van der Waals surface area contributed by atoms with Crippen LogP contribution in [0.2, 0.25) is 0 Å².